The number of carbonyl (C=O) groups excluding carboxylic acids is 2. The lowest BCUT2D eigenvalue weighted by Gasteiger charge is -2.12. The van der Waals surface area contributed by atoms with Crippen LogP contribution in [-0.2, 0) is 0 Å². The van der Waals surface area contributed by atoms with Crippen molar-refractivity contribution in [3.8, 4) is 0 Å². The van der Waals surface area contributed by atoms with Crippen molar-refractivity contribution in [3.63, 3.8) is 0 Å². The fourth-order valence-corrected chi connectivity index (χ4v) is 2.63. The Balaban J connectivity index is 1.82. The van der Waals surface area contributed by atoms with E-state index < -0.39 is 16.7 Å². The number of anilines is 2. The lowest BCUT2D eigenvalue weighted by molar-refractivity contribution is -0.384. The number of hydrogen-bond donors (Lipinski definition) is 2. The third-order valence-electron chi connectivity index (χ3n) is 3.89. The van der Waals surface area contributed by atoms with Crippen LogP contribution in [0.3, 0.4) is 0 Å². The molecule has 0 fully saturated rings. The SMILES string of the molecule is Cc1ccc(NC(=O)c2ccco2)cc1NC(=O)c1cc([N+](=O)[O-])ccc1Cl. The van der Waals surface area contributed by atoms with E-state index >= 15 is 0 Å². The van der Waals surface area contributed by atoms with Crippen LogP contribution in [0.25, 0.3) is 0 Å². The van der Waals surface area contributed by atoms with Crippen LogP contribution in [-0.4, -0.2) is 16.7 Å². The Morgan fingerprint density at radius 3 is 2.54 bits per heavy atom. The van der Waals surface area contributed by atoms with Gasteiger partial charge in [0, 0.05) is 23.5 Å². The number of rotatable bonds is 5. The van der Waals surface area contributed by atoms with E-state index in [0.29, 0.717) is 11.4 Å². The number of nitrogens with zero attached hydrogens (tertiary/aromatic N) is 1. The summed E-state index contributed by atoms with van der Waals surface area (Å²) in [4.78, 5) is 35.0. The Kier molecular flexibility index (Phi) is 5.42. The molecular weight excluding hydrogens is 386 g/mol. The highest BCUT2D eigenvalue weighted by atomic mass is 35.5. The minimum atomic E-state index is -0.608. The average molecular weight is 400 g/mol. The second kappa shape index (κ2) is 7.93. The number of aryl methyl sites for hydroxylation is 1. The molecule has 0 atom stereocenters. The lowest BCUT2D eigenvalue weighted by atomic mass is 10.1. The number of hydrogen-bond acceptors (Lipinski definition) is 5. The van der Waals surface area contributed by atoms with Gasteiger partial charge >= 0.3 is 0 Å². The van der Waals surface area contributed by atoms with Gasteiger partial charge in [0.15, 0.2) is 5.76 Å². The zero-order valence-corrected chi connectivity index (χ0v) is 15.3. The first-order chi connectivity index (χ1) is 13.3. The van der Waals surface area contributed by atoms with E-state index in [1.54, 1.807) is 31.2 Å². The van der Waals surface area contributed by atoms with Gasteiger partial charge in [-0.05, 0) is 42.8 Å². The number of halogens is 1. The zero-order chi connectivity index (χ0) is 20.3. The summed E-state index contributed by atoms with van der Waals surface area (Å²) in [6.45, 7) is 1.77. The smallest absolute Gasteiger partial charge is 0.291 e. The van der Waals surface area contributed by atoms with Gasteiger partial charge in [0.25, 0.3) is 17.5 Å². The van der Waals surface area contributed by atoms with Crippen molar-refractivity contribution < 1.29 is 18.9 Å². The first kappa shape index (κ1) is 19.1. The van der Waals surface area contributed by atoms with Gasteiger partial charge in [-0.2, -0.15) is 0 Å². The number of nitro benzene ring substituents is 1. The van der Waals surface area contributed by atoms with Crippen molar-refractivity contribution in [2.45, 2.75) is 6.92 Å². The molecule has 0 aliphatic heterocycles. The van der Waals surface area contributed by atoms with Gasteiger partial charge in [0.1, 0.15) is 0 Å². The quantitative estimate of drug-likeness (QED) is 0.478. The van der Waals surface area contributed by atoms with Crippen molar-refractivity contribution in [2.75, 3.05) is 10.6 Å². The minimum absolute atomic E-state index is 0.0275. The van der Waals surface area contributed by atoms with Crippen LogP contribution in [0, 0.1) is 17.0 Å². The van der Waals surface area contributed by atoms with Gasteiger partial charge in [-0.25, -0.2) is 0 Å². The van der Waals surface area contributed by atoms with Crippen molar-refractivity contribution in [1.29, 1.82) is 0 Å². The largest absolute Gasteiger partial charge is 0.459 e. The number of nitrogens with one attached hydrogen (secondary N) is 2. The normalized spacial score (nSPS) is 10.4. The molecule has 2 N–H and O–H groups in total. The van der Waals surface area contributed by atoms with Crippen LogP contribution in [0.2, 0.25) is 5.02 Å². The summed E-state index contributed by atoms with van der Waals surface area (Å²) >= 11 is 6.01. The van der Waals surface area contributed by atoms with E-state index in [0.717, 1.165) is 11.6 Å². The van der Waals surface area contributed by atoms with E-state index in [2.05, 4.69) is 10.6 Å². The number of carbonyl (C=O) groups is 2. The highest BCUT2D eigenvalue weighted by molar-refractivity contribution is 6.34. The highest BCUT2D eigenvalue weighted by Gasteiger charge is 2.17. The fraction of sp³-hybridized carbons (Fsp3) is 0.0526. The fourth-order valence-electron chi connectivity index (χ4n) is 2.43. The monoisotopic (exact) mass is 399 g/mol. The van der Waals surface area contributed by atoms with Crippen LogP contribution in [0.15, 0.2) is 59.2 Å². The number of non-ortho nitro benzene ring substituents is 1. The summed E-state index contributed by atoms with van der Waals surface area (Å²) < 4.78 is 5.04. The Morgan fingerprint density at radius 2 is 1.86 bits per heavy atom. The molecule has 2 amide bonds. The molecule has 0 aliphatic rings. The maximum absolute atomic E-state index is 12.6. The predicted molar refractivity (Wildman–Crippen MR) is 104 cm³/mol. The van der Waals surface area contributed by atoms with Crippen molar-refractivity contribution in [3.05, 3.63) is 86.8 Å². The van der Waals surface area contributed by atoms with E-state index in [1.165, 1.54) is 24.5 Å². The van der Waals surface area contributed by atoms with Crippen molar-refractivity contribution >= 4 is 40.5 Å². The van der Waals surface area contributed by atoms with Gasteiger partial charge in [-0.15, -0.1) is 0 Å². The molecule has 8 nitrogen and oxygen atoms in total. The van der Waals surface area contributed by atoms with E-state index in [1.807, 2.05) is 0 Å². The highest BCUT2D eigenvalue weighted by Crippen LogP contribution is 2.25. The third kappa shape index (κ3) is 4.18. The molecule has 0 spiro atoms. The molecule has 142 valence electrons. The second-order valence-electron chi connectivity index (χ2n) is 5.84. The predicted octanol–water partition coefficient (Wildman–Crippen LogP) is 4.65. The molecule has 9 heteroatoms. The molecule has 1 heterocycles. The molecule has 0 unspecified atom stereocenters. The van der Waals surface area contributed by atoms with Gasteiger partial charge in [0.2, 0.25) is 0 Å². The Labute approximate surface area is 164 Å². The maximum Gasteiger partial charge on any atom is 0.291 e. The first-order valence-electron chi connectivity index (χ1n) is 8.06. The van der Waals surface area contributed by atoms with Crippen LogP contribution in [0.4, 0.5) is 17.1 Å². The van der Waals surface area contributed by atoms with Crippen LogP contribution >= 0.6 is 11.6 Å². The molecule has 3 aromatic rings. The molecule has 3 rings (SSSR count). The summed E-state index contributed by atoms with van der Waals surface area (Å²) in [5, 5.41) is 16.3. The summed E-state index contributed by atoms with van der Waals surface area (Å²) in [6.07, 6.45) is 1.39. The molecule has 0 saturated carbocycles. The second-order valence-corrected chi connectivity index (χ2v) is 6.24. The molecule has 28 heavy (non-hydrogen) atoms. The van der Waals surface area contributed by atoms with E-state index in [4.69, 9.17) is 16.0 Å². The van der Waals surface area contributed by atoms with Crippen molar-refractivity contribution in [1.82, 2.24) is 0 Å². The first-order valence-corrected chi connectivity index (χ1v) is 8.44. The lowest BCUT2D eigenvalue weighted by Crippen LogP contribution is -2.15. The van der Waals surface area contributed by atoms with Crippen LogP contribution in [0.5, 0.6) is 0 Å². The number of benzene rings is 2. The average Bonchev–Trinajstić information content (AvgIpc) is 3.19. The van der Waals surface area contributed by atoms with Gasteiger partial charge in [-0.3, -0.25) is 19.7 Å². The molecule has 2 aromatic carbocycles. The number of amides is 2. The van der Waals surface area contributed by atoms with Crippen LogP contribution < -0.4 is 10.6 Å². The van der Waals surface area contributed by atoms with Crippen molar-refractivity contribution in [2.24, 2.45) is 0 Å². The van der Waals surface area contributed by atoms with E-state index in [-0.39, 0.29) is 22.0 Å². The maximum atomic E-state index is 12.6. The minimum Gasteiger partial charge on any atom is -0.459 e. The standard InChI is InChI=1S/C19H14ClN3O5/c1-11-4-5-12(21-19(25)17-3-2-8-28-17)9-16(11)22-18(24)14-10-13(23(26)27)6-7-15(14)20/h2-10H,1H3,(H,21,25)(H,22,24). The summed E-state index contributed by atoms with van der Waals surface area (Å²) in [5.74, 6) is -0.895. The Bertz CT molecular complexity index is 1060. The zero-order valence-electron chi connectivity index (χ0n) is 14.6. The summed E-state index contributed by atoms with van der Waals surface area (Å²) in [6, 6.07) is 11.7. The Hall–Kier alpha value is -3.65. The molecule has 1 aromatic heterocycles. The van der Waals surface area contributed by atoms with Gasteiger partial charge in [-0.1, -0.05) is 17.7 Å². The summed E-state index contributed by atoms with van der Waals surface area (Å²) in [7, 11) is 0. The van der Waals surface area contributed by atoms with Gasteiger partial charge in [0.05, 0.1) is 21.8 Å². The van der Waals surface area contributed by atoms with E-state index in [9.17, 15) is 19.7 Å². The topological polar surface area (TPSA) is 114 Å². The molecular formula is C19H14ClN3O5. The third-order valence-corrected chi connectivity index (χ3v) is 4.22. The molecule has 0 saturated heterocycles. The molecule has 0 radical (unpaired) electrons. The number of nitro groups is 1. The number of furan rings is 1. The van der Waals surface area contributed by atoms with Crippen LogP contribution in [0.1, 0.15) is 26.5 Å². The molecule has 0 bridgehead atoms. The summed E-state index contributed by atoms with van der Waals surface area (Å²) in [5.41, 5.74) is 1.31. The Morgan fingerprint density at radius 1 is 1.07 bits per heavy atom. The molecule has 0 aliphatic carbocycles. The van der Waals surface area contributed by atoms with Gasteiger partial charge < -0.3 is 15.1 Å².